The summed E-state index contributed by atoms with van der Waals surface area (Å²) in [6.45, 7) is 0. The van der Waals surface area contributed by atoms with Gasteiger partial charge in [-0.2, -0.15) is 9.61 Å². The highest BCUT2D eigenvalue weighted by atomic mass is 79.9. The Bertz CT molecular complexity index is 774. The lowest BCUT2D eigenvalue weighted by Crippen LogP contribution is -1.93. The second-order valence-corrected chi connectivity index (χ2v) is 6.48. The highest BCUT2D eigenvalue weighted by Gasteiger charge is 2.30. The normalized spacial score (nSPS) is 15.2. The number of fused-ring (bicyclic) bond motifs is 1. The Balaban J connectivity index is 1.84. The first kappa shape index (κ1) is 11.4. The number of halogens is 1. The largest absolute Gasteiger partial charge is 0.398 e. The molecular weight excluding hydrogens is 326 g/mol. The van der Waals surface area contributed by atoms with Crippen molar-refractivity contribution in [1.29, 1.82) is 0 Å². The molecule has 96 valence electrons. The Morgan fingerprint density at radius 1 is 1.32 bits per heavy atom. The highest BCUT2D eigenvalue weighted by Crippen LogP contribution is 2.40. The molecule has 0 bridgehead atoms. The average molecular weight is 336 g/mol. The minimum absolute atomic E-state index is 0.545. The van der Waals surface area contributed by atoms with Crippen molar-refractivity contribution >= 4 is 37.9 Å². The Morgan fingerprint density at radius 3 is 2.89 bits per heavy atom. The molecule has 0 atom stereocenters. The van der Waals surface area contributed by atoms with Crippen LogP contribution in [0.3, 0.4) is 0 Å². The van der Waals surface area contributed by atoms with Gasteiger partial charge in [-0.15, -0.1) is 10.2 Å². The van der Waals surface area contributed by atoms with Crippen molar-refractivity contribution < 1.29 is 0 Å². The number of aromatic nitrogens is 4. The van der Waals surface area contributed by atoms with Crippen LogP contribution in [0.25, 0.3) is 15.5 Å². The molecule has 1 aliphatic carbocycles. The molecule has 0 spiro atoms. The van der Waals surface area contributed by atoms with Gasteiger partial charge in [0.25, 0.3) is 0 Å². The molecule has 1 fully saturated rings. The molecule has 7 heteroatoms. The van der Waals surface area contributed by atoms with E-state index < -0.39 is 0 Å². The van der Waals surface area contributed by atoms with E-state index >= 15 is 0 Å². The molecule has 2 heterocycles. The van der Waals surface area contributed by atoms with E-state index in [-0.39, 0.29) is 0 Å². The zero-order valence-corrected chi connectivity index (χ0v) is 12.3. The van der Waals surface area contributed by atoms with Crippen LogP contribution in [0.4, 0.5) is 5.69 Å². The third-order valence-electron chi connectivity index (χ3n) is 3.20. The van der Waals surface area contributed by atoms with Crippen molar-refractivity contribution in [2.45, 2.75) is 18.8 Å². The topological polar surface area (TPSA) is 69.1 Å². The zero-order chi connectivity index (χ0) is 13.0. The molecule has 2 aromatic heterocycles. The van der Waals surface area contributed by atoms with Crippen LogP contribution in [0, 0.1) is 0 Å². The summed E-state index contributed by atoms with van der Waals surface area (Å²) in [6.07, 6.45) is 2.39. The molecule has 3 aromatic rings. The first-order chi connectivity index (χ1) is 9.22. The van der Waals surface area contributed by atoms with E-state index in [9.17, 15) is 0 Å². The summed E-state index contributed by atoms with van der Waals surface area (Å²) in [5.74, 6) is 1.54. The number of nitrogen functional groups attached to an aromatic ring is 1. The maximum absolute atomic E-state index is 5.80. The number of benzene rings is 1. The molecule has 1 aliphatic rings. The molecule has 0 aliphatic heterocycles. The lowest BCUT2D eigenvalue weighted by molar-refractivity contribution is 0.828. The van der Waals surface area contributed by atoms with Crippen LogP contribution in [-0.2, 0) is 0 Å². The van der Waals surface area contributed by atoms with Gasteiger partial charge in [0.15, 0.2) is 5.82 Å². The Labute approximate surface area is 121 Å². The summed E-state index contributed by atoms with van der Waals surface area (Å²) < 4.78 is 2.76. The minimum atomic E-state index is 0.545. The first-order valence-electron chi connectivity index (χ1n) is 6.00. The van der Waals surface area contributed by atoms with Crippen molar-refractivity contribution in [3.8, 4) is 10.6 Å². The van der Waals surface area contributed by atoms with E-state index in [0.29, 0.717) is 5.92 Å². The Morgan fingerprint density at radius 2 is 2.16 bits per heavy atom. The van der Waals surface area contributed by atoms with Crippen LogP contribution in [0.15, 0.2) is 22.7 Å². The molecule has 0 unspecified atom stereocenters. The number of anilines is 1. The summed E-state index contributed by atoms with van der Waals surface area (Å²) in [5, 5.41) is 14.0. The van der Waals surface area contributed by atoms with Gasteiger partial charge in [-0.25, -0.2) is 0 Å². The van der Waals surface area contributed by atoms with Gasteiger partial charge in [-0.3, -0.25) is 0 Å². The predicted molar refractivity (Wildman–Crippen MR) is 78.2 cm³/mol. The lowest BCUT2D eigenvalue weighted by atomic mass is 10.2. The first-order valence-corrected chi connectivity index (χ1v) is 7.61. The maximum Gasteiger partial charge on any atom is 0.234 e. The van der Waals surface area contributed by atoms with E-state index in [4.69, 9.17) is 5.73 Å². The third kappa shape index (κ3) is 1.84. The quantitative estimate of drug-likeness (QED) is 0.730. The van der Waals surface area contributed by atoms with Gasteiger partial charge in [-0.1, -0.05) is 11.3 Å². The van der Waals surface area contributed by atoms with Crippen LogP contribution in [-0.4, -0.2) is 19.8 Å². The highest BCUT2D eigenvalue weighted by molar-refractivity contribution is 9.10. The van der Waals surface area contributed by atoms with Crippen molar-refractivity contribution in [2.75, 3.05) is 5.73 Å². The van der Waals surface area contributed by atoms with Gasteiger partial charge in [-0.05, 0) is 47.0 Å². The average Bonchev–Trinajstić information content (AvgIpc) is 3.01. The number of hydrogen-bond acceptors (Lipinski definition) is 5. The molecule has 2 N–H and O–H groups in total. The van der Waals surface area contributed by atoms with Gasteiger partial charge in [0.05, 0.1) is 0 Å². The fourth-order valence-electron chi connectivity index (χ4n) is 2.01. The van der Waals surface area contributed by atoms with E-state index in [1.807, 2.05) is 22.7 Å². The monoisotopic (exact) mass is 335 g/mol. The van der Waals surface area contributed by atoms with Crippen LogP contribution >= 0.6 is 27.3 Å². The zero-order valence-electron chi connectivity index (χ0n) is 9.88. The van der Waals surface area contributed by atoms with E-state index in [2.05, 4.69) is 31.2 Å². The van der Waals surface area contributed by atoms with Crippen molar-refractivity contribution in [3.05, 3.63) is 28.5 Å². The Hall–Kier alpha value is -1.47. The SMILES string of the molecule is Nc1ccc(-c2nn3c(C4CC4)nnc3s2)cc1Br. The van der Waals surface area contributed by atoms with Crippen molar-refractivity contribution in [1.82, 2.24) is 19.8 Å². The summed E-state index contributed by atoms with van der Waals surface area (Å²) >= 11 is 4.99. The van der Waals surface area contributed by atoms with Crippen LogP contribution < -0.4 is 5.73 Å². The predicted octanol–water partition coefficient (Wildman–Crippen LogP) is 3.07. The van der Waals surface area contributed by atoms with E-state index in [0.717, 1.165) is 31.5 Å². The number of nitrogens with zero attached hydrogens (tertiary/aromatic N) is 4. The van der Waals surface area contributed by atoms with Gasteiger partial charge >= 0.3 is 0 Å². The molecule has 19 heavy (non-hydrogen) atoms. The van der Waals surface area contributed by atoms with Gasteiger partial charge in [0.2, 0.25) is 4.96 Å². The summed E-state index contributed by atoms with van der Waals surface area (Å²) in [4.78, 5) is 0.852. The molecule has 0 radical (unpaired) electrons. The van der Waals surface area contributed by atoms with Gasteiger partial charge in [0, 0.05) is 21.6 Å². The summed E-state index contributed by atoms with van der Waals surface area (Å²) in [6, 6.07) is 5.84. The molecule has 0 amide bonds. The number of nitrogens with two attached hydrogens (primary N) is 1. The fourth-order valence-corrected chi connectivity index (χ4v) is 3.23. The van der Waals surface area contributed by atoms with Crippen LogP contribution in [0.2, 0.25) is 0 Å². The molecule has 5 nitrogen and oxygen atoms in total. The second kappa shape index (κ2) is 4.01. The number of hydrogen-bond donors (Lipinski definition) is 1. The third-order valence-corrected chi connectivity index (χ3v) is 4.84. The number of rotatable bonds is 2. The minimum Gasteiger partial charge on any atom is -0.398 e. The van der Waals surface area contributed by atoms with Crippen molar-refractivity contribution in [3.63, 3.8) is 0 Å². The standard InChI is InChI=1S/C12H10BrN5S/c13-8-5-7(3-4-9(8)14)11-17-18-10(6-1-2-6)15-16-12(18)19-11/h3-6H,1-2,14H2. The summed E-state index contributed by atoms with van der Waals surface area (Å²) in [7, 11) is 0. The smallest absolute Gasteiger partial charge is 0.234 e. The molecule has 1 aromatic carbocycles. The molecule has 0 saturated heterocycles. The summed E-state index contributed by atoms with van der Waals surface area (Å²) in [5.41, 5.74) is 7.57. The van der Waals surface area contributed by atoms with Gasteiger partial charge in [0.1, 0.15) is 5.01 Å². The van der Waals surface area contributed by atoms with Crippen LogP contribution in [0.1, 0.15) is 24.6 Å². The fraction of sp³-hybridized carbons (Fsp3) is 0.250. The van der Waals surface area contributed by atoms with Crippen LogP contribution in [0.5, 0.6) is 0 Å². The van der Waals surface area contributed by atoms with E-state index in [1.54, 1.807) is 11.3 Å². The molecule has 1 saturated carbocycles. The molecular formula is C12H10BrN5S. The lowest BCUT2D eigenvalue weighted by Gasteiger charge is -2.00. The van der Waals surface area contributed by atoms with Gasteiger partial charge < -0.3 is 5.73 Å². The molecule has 4 rings (SSSR count). The van der Waals surface area contributed by atoms with E-state index in [1.165, 1.54) is 12.8 Å². The Kier molecular flexibility index (Phi) is 2.40. The van der Waals surface area contributed by atoms with Crippen molar-refractivity contribution in [2.24, 2.45) is 0 Å². The maximum atomic E-state index is 5.80. The second-order valence-electron chi connectivity index (χ2n) is 4.67.